The van der Waals surface area contributed by atoms with E-state index in [0.717, 1.165) is 0 Å². The lowest BCUT2D eigenvalue weighted by atomic mass is 10.1. The molecule has 0 spiro atoms. The highest BCUT2D eigenvalue weighted by atomic mass is 79.9. The average Bonchev–Trinajstić information content (AvgIpc) is 2.30. The molecule has 0 aromatic heterocycles. The third-order valence-corrected chi connectivity index (χ3v) is 4.09. The van der Waals surface area contributed by atoms with Gasteiger partial charge in [-0.3, -0.25) is 0 Å². The van der Waals surface area contributed by atoms with E-state index >= 15 is 0 Å². The van der Waals surface area contributed by atoms with Crippen LogP contribution in [-0.2, 0) is 4.74 Å². The Morgan fingerprint density at radius 1 is 1.53 bits per heavy atom. The van der Waals surface area contributed by atoms with Crippen molar-refractivity contribution in [3.8, 4) is 0 Å². The SMILES string of the molecule is CC1(C)CN(c2ccc(C(N)=S)c(Br)c2F)CCO1. The van der Waals surface area contributed by atoms with Crippen LogP contribution in [-0.4, -0.2) is 30.3 Å². The van der Waals surface area contributed by atoms with Crippen LogP contribution < -0.4 is 10.6 Å². The Kier molecular flexibility index (Phi) is 4.13. The molecule has 0 radical (unpaired) electrons. The second kappa shape index (κ2) is 5.34. The molecule has 1 aromatic carbocycles. The summed E-state index contributed by atoms with van der Waals surface area (Å²) in [6, 6.07) is 3.46. The minimum atomic E-state index is -0.331. The molecule has 0 bridgehead atoms. The average molecular weight is 347 g/mol. The summed E-state index contributed by atoms with van der Waals surface area (Å²) in [4.78, 5) is 2.16. The first-order valence-corrected chi connectivity index (χ1v) is 7.19. The van der Waals surface area contributed by atoms with E-state index in [1.165, 1.54) is 0 Å². The first kappa shape index (κ1) is 14.7. The van der Waals surface area contributed by atoms with Gasteiger partial charge in [0.2, 0.25) is 0 Å². The first-order chi connectivity index (χ1) is 8.82. The van der Waals surface area contributed by atoms with Gasteiger partial charge in [-0.1, -0.05) is 12.2 Å². The van der Waals surface area contributed by atoms with Crippen LogP contribution in [0.1, 0.15) is 19.4 Å². The number of ether oxygens (including phenoxy) is 1. The Balaban J connectivity index is 2.36. The van der Waals surface area contributed by atoms with Crippen LogP contribution in [0.15, 0.2) is 16.6 Å². The van der Waals surface area contributed by atoms with Crippen LogP contribution in [0.25, 0.3) is 0 Å². The quantitative estimate of drug-likeness (QED) is 0.835. The van der Waals surface area contributed by atoms with E-state index in [9.17, 15) is 4.39 Å². The van der Waals surface area contributed by atoms with Gasteiger partial charge in [-0.25, -0.2) is 4.39 Å². The Morgan fingerprint density at radius 2 is 2.21 bits per heavy atom. The summed E-state index contributed by atoms with van der Waals surface area (Å²) in [6.07, 6.45) is 0. The number of hydrogen-bond acceptors (Lipinski definition) is 3. The molecule has 0 saturated carbocycles. The number of nitrogens with two attached hydrogens (primary N) is 1. The Labute approximate surface area is 126 Å². The van der Waals surface area contributed by atoms with Crippen molar-refractivity contribution in [1.29, 1.82) is 0 Å². The molecular formula is C13H16BrFN2OS. The molecule has 3 nitrogen and oxygen atoms in total. The van der Waals surface area contributed by atoms with Gasteiger partial charge in [-0.15, -0.1) is 0 Å². The van der Waals surface area contributed by atoms with Crippen LogP contribution >= 0.6 is 28.1 Å². The van der Waals surface area contributed by atoms with Crippen molar-refractivity contribution in [2.45, 2.75) is 19.4 Å². The zero-order valence-corrected chi connectivity index (χ0v) is 13.3. The number of benzene rings is 1. The second-order valence-electron chi connectivity index (χ2n) is 5.15. The molecule has 1 heterocycles. The third-order valence-electron chi connectivity index (χ3n) is 3.09. The van der Waals surface area contributed by atoms with E-state index in [4.69, 9.17) is 22.7 Å². The van der Waals surface area contributed by atoms with E-state index < -0.39 is 0 Å². The molecule has 6 heteroatoms. The van der Waals surface area contributed by atoms with Gasteiger partial charge >= 0.3 is 0 Å². The molecule has 1 aliphatic heterocycles. The maximum absolute atomic E-state index is 14.4. The number of halogens is 2. The van der Waals surface area contributed by atoms with E-state index in [1.807, 2.05) is 18.7 Å². The third kappa shape index (κ3) is 3.07. The van der Waals surface area contributed by atoms with Gasteiger partial charge in [0.25, 0.3) is 0 Å². The number of morpholine rings is 1. The topological polar surface area (TPSA) is 38.5 Å². The summed E-state index contributed by atoms with van der Waals surface area (Å²) in [5, 5.41) is 0. The smallest absolute Gasteiger partial charge is 0.161 e. The van der Waals surface area contributed by atoms with Gasteiger partial charge in [-0.2, -0.15) is 0 Å². The van der Waals surface area contributed by atoms with E-state index in [1.54, 1.807) is 12.1 Å². The van der Waals surface area contributed by atoms with Gasteiger partial charge in [0.1, 0.15) is 4.99 Å². The first-order valence-electron chi connectivity index (χ1n) is 5.98. The predicted molar refractivity (Wildman–Crippen MR) is 82.2 cm³/mol. The molecule has 1 saturated heterocycles. The largest absolute Gasteiger partial charge is 0.389 e. The molecule has 2 N–H and O–H groups in total. The van der Waals surface area contributed by atoms with Crippen molar-refractivity contribution in [1.82, 2.24) is 0 Å². The molecule has 2 rings (SSSR count). The summed E-state index contributed by atoms with van der Waals surface area (Å²) in [5.74, 6) is -0.331. The van der Waals surface area contributed by atoms with Gasteiger partial charge in [0.15, 0.2) is 5.82 Å². The highest BCUT2D eigenvalue weighted by Crippen LogP contribution is 2.31. The number of thiocarbonyl (C=S) groups is 1. The molecular weight excluding hydrogens is 331 g/mol. The zero-order valence-electron chi connectivity index (χ0n) is 10.9. The molecule has 1 fully saturated rings. The molecule has 1 aromatic rings. The summed E-state index contributed by atoms with van der Waals surface area (Å²) in [5.41, 5.74) is 6.34. The molecule has 0 amide bonds. The molecule has 0 aliphatic carbocycles. The van der Waals surface area contributed by atoms with Crippen LogP contribution in [0.4, 0.5) is 10.1 Å². The van der Waals surface area contributed by atoms with Crippen LogP contribution in [0, 0.1) is 5.82 Å². The highest BCUT2D eigenvalue weighted by Gasteiger charge is 2.29. The van der Waals surface area contributed by atoms with Crippen molar-refractivity contribution in [2.24, 2.45) is 5.73 Å². The van der Waals surface area contributed by atoms with Crippen LogP contribution in [0.2, 0.25) is 0 Å². The van der Waals surface area contributed by atoms with Crippen molar-refractivity contribution < 1.29 is 9.13 Å². The Hall–Kier alpha value is -0.720. The summed E-state index contributed by atoms with van der Waals surface area (Å²) in [6.45, 7) is 5.88. The van der Waals surface area contributed by atoms with Gasteiger partial charge in [-0.05, 0) is 41.9 Å². The lowest BCUT2D eigenvalue weighted by Gasteiger charge is -2.39. The number of anilines is 1. The monoisotopic (exact) mass is 346 g/mol. The number of rotatable bonds is 2. The predicted octanol–water partition coefficient (Wildman–Crippen LogP) is 2.84. The fraction of sp³-hybridized carbons (Fsp3) is 0.462. The lowest BCUT2D eigenvalue weighted by Crippen LogP contribution is -2.48. The number of nitrogens with zero attached hydrogens (tertiary/aromatic N) is 1. The van der Waals surface area contributed by atoms with Crippen LogP contribution in [0.5, 0.6) is 0 Å². The standard InChI is InChI=1S/C13H16BrFN2OS/c1-13(2)7-17(5-6-18-13)9-4-3-8(12(16)19)10(14)11(9)15/h3-4H,5-7H2,1-2H3,(H2,16,19). The Morgan fingerprint density at radius 3 is 2.79 bits per heavy atom. The molecule has 0 atom stereocenters. The van der Waals surface area contributed by atoms with Gasteiger partial charge in [0, 0.05) is 18.7 Å². The highest BCUT2D eigenvalue weighted by molar-refractivity contribution is 9.10. The summed E-state index contributed by atoms with van der Waals surface area (Å²) < 4.78 is 20.4. The Bertz CT molecular complexity index is 522. The van der Waals surface area contributed by atoms with E-state index in [2.05, 4.69) is 15.9 Å². The van der Waals surface area contributed by atoms with Gasteiger partial charge in [0.05, 0.1) is 22.4 Å². The van der Waals surface area contributed by atoms with E-state index in [-0.39, 0.29) is 16.4 Å². The minimum absolute atomic E-state index is 0.180. The zero-order chi connectivity index (χ0) is 14.2. The summed E-state index contributed by atoms with van der Waals surface area (Å²) >= 11 is 8.12. The fourth-order valence-corrected chi connectivity index (χ4v) is 3.05. The lowest BCUT2D eigenvalue weighted by molar-refractivity contribution is -0.0278. The second-order valence-corrected chi connectivity index (χ2v) is 6.39. The van der Waals surface area contributed by atoms with E-state index in [0.29, 0.717) is 35.4 Å². The fourth-order valence-electron chi connectivity index (χ4n) is 2.20. The molecule has 19 heavy (non-hydrogen) atoms. The maximum atomic E-state index is 14.4. The van der Waals surface area contributed by atoms with Crippen LogP contribution in [0.3, 0.4) is 0 Å². The molecule has 0 unspecified atom stereocenters. The molecule has 1 aliphatic rings. The normalized spacial score (nSPS) is 18.4. The summed E-state index contributed by atoms with van der Waals surface area (Å²) in [7, 11) is 0. The maximum Gasteiger partial charge on any atom is 0.161 e. The number of hydrogen-bond donors (Lipinski definition) is 1. The minimum Gasteiger partial charge on any atom is -0.389 e. The van der Waals surface area contributed by atoms with Crippen molar-refractivity contribution in [3.63, 3.8) is 0 Å². The molecule has 104 valence electrons. The van der Waals surface area contributed by atoms with Crippen molar-refractivity contribution in [3.05, 3.63) is 28.0 Å². The van der Waals surface area contributed by atoms with Crippen molar-refractivity contribution >= 4 is 38.8 Å². The van der Waals surface area contributed by atoms with Gasteiger partial charge < -0.3 is 15.4 Å². The van der Waals surface area contributed by atoms with Crippen molar-refractivity contribution in [2.75, 3.05) is 24.6 Å².